The lowest BCUT2D eigenvalue weighted by Gasteiger charge is -2.34. The standard InChI is InChI=1S/C41H40N10O2/c1-6-7-14-21-53-41(52)30-22(2)50(4)31-32(51(5)23(30)3)40-48-38-29-20-13-11-18-27(29)36(46-38)44-34-25-16-9-8-15-24(25)33(42-34)43-35-26-17-10-12-19-28(26)37(45-35)47-39(31)49-40/h8-13,15-20,22-23,30H,6-7,14,21H2,1-5H3,(H2,42,43,44,45,46,47,48,49). The van der Waals surface area contributed by atoms with Crippen LogP contribution in [-0.4, -0.2) is 88.4 Å². The Morgan fingerprint density at radius 2 is 1.00 bits per heavy atom. The molecule has 9 rings (SSSR count). The summed E-state index contributed by atoms with van der Waals surface area (Å²) in [4.78, 5) is 55.9. The van der Waals surface area contributed by atoms with Crippen molar-refractivity contribution in [2.45, 2.75) is 52.1 Å². The molecule has 6 heterocycles. The molecule has 2 unspecified atom stereocenters. The number of hydrogen-bond donors (Lipinski definition) is 2. The maximum absolute atomic E-state index is 13.8. The highest BCUT2D eigenvalue weighted by Gasteiger charge is 2.44. The van der Waals surface area contributed by atoms with Crippen LogP contribution in [0.1, 0.15) is 51.7 Å². The number of H-pyrrole nitrogens is 2. The SMILES string of the molecule is CCCCCOC(=O)C1C(C)N(C)C2=C(c3nc2nc2[nH]c(nc4nc(nc5[nH]c(n3)c3ccccc53)-c3ccccc3-4)c3ccccc23)N(C)C1C. The number of aromatic amines is 2. The zero-order valence-corrected chi connectivity index (χ0v) is 30.4. The van der Waals surface area contributed by atoms with Crippen LogP contribution >= 0.6 is 0 Å². The Bertz CT molecular complexity index is 2480. The number of nitrogens with one attached hydrogen (secondary N) is 2. The molecule has 53 heavy (non-hydrogen) atoms. The summed E-state index contributed by atoms with van der Waals surface area (Å²) in [5.41, 5.74) is 5.84. The van der Waals surface area contributed by atoms with E-state index in [9.17, 15) is 4.79 Å². The van der Waals surface area contributed by atoms with E-state index in [1.165, 1.54) is 0 Å². The number of carbonyl (C=O) groups excluding carboxylic acids is 1. The third kappa shape index (κ3) is 5.30. The topological polar surface area (TPSA) is 142 Å². The molecule has 0 spiro atoms. The highest BCUT2D eigenvalue weighted by atomic mass is 16.5. The van der Waals surface area contributed by atoms with Gasteiger partial charge in [0.2, 0.25) is 0 Å². The average molecular weight is 705 g/mol. The van der Waals surface area contributed by atoms with Gasteiger partial charge in [0.25, 0.3) is 0 Å². The van der Waals surface area contributed by atoms with E-state index in [2.05, 4.69) is 40.5 Å². The van der Waals surface area contributed by atoms with E-state index in [1.54, 1.807) is 0 Å². The summed E-state index contributed by atoms with van der Waals surface area (Å²) in [5.74, 6) is 1.43. The lowest BCUT2D eigenvalue weighted by molar-refractivity contribution is -0.152. The number of unbranched alkanes of at least 4 members (excludes halogenated alkanes) is 2. The largest absolute Gasteiger partial charge is 0.465 e. The third-order valence-electron chi connectivity index (χ3n) is 10.9. The summed E-state index contributed by atoms with van der Waals surface area (Å²) >= 11 is 0. The van der Waals surface area contributed by atoms with Crippen molar-refractivity contribution in [3.63, 3.8) is 0 Å². The Morgan fingerprint density at radius 3 is 1.43 bits per heavy atom. The molecule has 3 aliphatic heterocycles. The molecule has 266 valence electrons. The number of ether oxygens (including phenoxy) is 1. The Hall–Kier alpha value is -6.17. The van der Waals surface area contributed by atoms with Crippen molar-refractivity contribution in [1.82, 2.24) is 49.7 Å². The molecule has 6 aromatic rings. The van der Waals surface area contributed by atoms with Crippen molar-refractivity contribution in [2.24, 2.45) is 5.92 Å². The minimum atomic E-state index is -0.444. The summed E-state index contributed by atoms with van der Waals surface area (Å²) < 4.78 is 5.90. The van der Waals surface area contributed by atoms with Crippen LogP contribution in [0.4, 0.5) is 0 Å². The van der Waals surface area contributed by atoms with Crippen molar-refractivity contribution in [3.05, 3.63) is 84.4 Å². The molecule has 0 fully saturated rings. The highest BCUT2D eigenvalue weighted by Crippen LogP contribution is 2.41. The first-order valence-corrected chi connectivity index (χ1v) is 18.3. The first kappa shape index (κ1) is 32.7. The number of rotatable bonds is 5. The summed E-state index contributed by atoms with van der Waals surface area (Å²) in [6, 6.07) is 23.6. The molecule has 3 aliphatic rings. The van der Waals surface area contributed by atoms with Gasteiger partial charge >= 0.3 is 5.97 Å². The Balaban J connectivity index is 1.34. The zero-order valence-electron chi connectivity index (χ0n) is 30.4. The molecular formula is C41H40N10O2. The Morgan fingerprint density at radius 1 is 0.604 bits per heavy atom. The van der Waals surface area contributed by atoms with Crippen molar-refractivity contribution in [3.8, 4) is 22.8 Å². The molecule has 3 aromatic carbocycles. The monoisotopic (exact) mass is 704 g/mol. The summed E-state index contributed by atoms with van der Waals surface area (Å²) in [7, 11) is 4.00. The Labute approximate surface area is 306 Å². The number of esters is 1. The molecule has 0 aliphatic carbocycles. The van der Waals surface area contributed by atoms with Gasteiger partial charge < -0.3 is 24.5 Å². The molecule has 2 atom stereocenters. The second-order valence-corrected chi connectivity index (χ2v) is 14.0. The maximum atomic E-state index is 13.8. The molecule has 0 saturated heterocycles. The van der Waals surface area contributed by atoms with E-state index in [-0.39, 0.29) is 18.1 Å². The Kier molecular flexibility index (Phi) is 7.90. The molecule has 3 aromatic heterocycles. The molecule has 0 saturated carbocycles. The van der Waals surface area contributed by atoms with Gasteiger partial charge in [0.05, 0.1) is 12.5 Å². The number of nitrogens with zero attached hydrogens (tertiary/aromatic N) is 8. The number of hydrogen-bond acceptors (Lipinski definition) is 10. The predicted octanol–water partition coefficient (Wildman–Crippen LogP) is 7.36. The molecule has 12 heteroatoms. The first-order valence-electron chi connectivity index (χ1n) is 18.3. The maximum Gasteiger partial charge on any atom is 0.313 e. The minimum Gasteiger partial charge on any atom is -0.465 e. The van der Waals surface area contributed by atoms with Gasteiger partial charge in [0.1, 0.15) is 34.0 Å². The fourth-order valence-corrected chi connectivity index (χ4v) is 7.86. The lowest BCUT2D eigenvalue weighted by Crippen LogP contribution is -2.46. The van der Waals surface area contributed by atoms with Crippen LogP contribution in [0.5, 0.6) is 0 Å². The zero-order chi connectivity index (χ0) is 36.4. The van der Waals surface area contributed by atoms with Gasteiger partial charge in [0.15, 0.2) is 23.3 Å². The second-order valence-electron chi connectivity index (χ2n) is 14.0. The van der Waals surface area contributed by atoms with Gasteiger partial charge in [0, 0.05) is 58.9 Å². The van der Waals surface area contributed by atoms with Crippen LogP contribution < -0.4 is 0 Å². The van der Waals surface area contributed by atoms with Gasteiger partial charge in [-0.2, -0.15) is 0 Å². The van der Waals surface area contributed by atoms with Crippen LogP contribution in [0.3, 0.4) is 0 Å². The molecule has 8 bridgehead atoms. The van der Waals surface area contributed by atoms with Gasteiger partial charge in [-0.05, 0) is 20.3 Å². The molecule has 12 nitrogen and oxygen atoms in total. The predicted molar refractivity (Wildman–Crippen MR) is 207 cm³/mol. The minimum absolute atomic E-state index is 0.205. The van der Waals surface area contributed by atoms with Gasteiger partial charge in [-0.15, -0.1) is 0 Å². The molecule has 0 radical (unpaired) electrons. The van der Waals surface area contributed by atoms with Crippen LogP contribution in [0.25, 0.3) is 78.3 Å². The third-order valence-corrected chi connectivity index (χ3v) is 10.9. The van der Waals surface area contributed by atoms with E-state index in [1.807, 2.05) is 86.9 Å². The van der Waals surface area contributed by atoms with Crippen molar-refractivity contribution in [2.75, 3.05) is 20.7 Å². The molecule has 2 N–H and O–H groups in total. The summed E-state index contributed by atoms with van der Waals surface area (Å²) in [6.07, 6.45) is 2.92. The fourth-order valence-electron chi connectivity index (χ4n) is 7.86. The quantitative estimate of drug-likeness (QED) is 0.138. The lowest BCUT2D eigenvalue weighted by atomic mass is 9.92. The first-order chi connectivity index (χ1) is 25.8. The summed E-state index contributed by atoms with van der Waals surface area (Å²) in [6.45, 7) is 6.69. The van der Waals surface area contributed by atoms with Crippen LogP contribution in [-0.2, 0) is 9.53 Å². The van der Waals surface area contributed by atoms with Crippen LogP contribution in [0.2, 0.25) is 0 Å². The molecular weight excluding hydrogens is 665 g/mol. The highest BCUT2D eigenvalue weighted by molar-refractivity contribution is 6.06. The van der Waals surface area contributed by atoms with E-state index in [0.29, 0.717) is 52.5 Å². The number of carbonyl (C=O) groups is 1. The normalized spacial score (nSPS) is 18.3. The fraction of sp³-hybridized carbons (Fsp3) is 0.293. The van der Waals surface area contributed by atoms with Gasteiger partial charge in [-0.3, -0.25) is 4.79 Å². The average Bonchev–Trinajstić information content (AvgIpc) is 3.90. The number of fused-ring (bicyclic) bond motifs is 19. The van der Waals surface area contributed by atoms with Crippen molar-refractivity contribution < 1.29 is 9.53 Å². The summed E-state index contributed by atoms with van der Waals surface area (Å²) in [5, 5.41) is 3.60. The second kappa shape index (κ2) is 12.8. The van der Waals surface area contributed by atoms with E-state index in [0.717, 1.165) is 63.3 Å². The van der Waals surface area contributed by atoms with E-state index >= 15 is 0 Å². The van der Waals surface area contributed by atoms with Crippen molar-refractivity contribution in [1.29, 1.82) is 0 Å². The number of benzene rings is 3. The van der Waals surface area contributed by atoms with Crippen LogP contribution in [0, 0.1) is 5.92 Å². The van der Waals surface area contributed by atoms with Crippen LogP contribution in [0.15, 0.2) is 72.8 Å². The van der Waals surface area contributed by atoms with Gasteiger partial charge in [-0.25, -0.2) is 29.9 Å². The smallest absolute Gasteiger partial charge is 0.313 e. The molecule has 0 amide bonds. The van der Waals surface area contributed by atoms with E-state index in [4.69, 9.17) is 34.6 Å². The van der Waals surface area contributed by atoms with E-state index < -0.39 is 5.92 Å². The van der Waals surface area contributed by atoms with Gasteiger partial charge in [-0.1, -0.05) is 92.6 Å². The van der Waals surface area contributed by atoms with Crippen molar-refractivity contribution >= 4 is 61.5 Å². The number of aromatic nitrogens is 8.